The molecule has 4 amide bonds. The van der Waals surface area contributed by atoms with Gasteiger partial charge < -0.3 is 31.5 Å². The van der Waals surface area contributed by atoms with E-state index in [9.17, 15) is 29.4 Å². The van der Waals surface area contributed by atoms with Crippen LogP contribution in [-0.4, -0.2) is 88.6 Å². The standard InChI is InChI=1S/C29H40N4O6S/c1-4-12-33(13-5-2)29(39)22-16-20(26(30)36)15-21(17-22)27(37)31-18-24(34)25(35)23(11-14-40-3)32-28(38)19-9-7-6-8-10-19/h6-10,15-17,23-25,34-35H,4-5,11-14,18H2,1-3H3,(H2,30,36)(H,31,37)(H,32,38). The molecule has 2 aromatic carbocycles. The number of thioether (sulfide) groups is 1. The number of primary amides is 1. The van der Waals surface area contributed by atoms with Crippen molar-refractivity contribution in [1.29, 1.82) is 0 Å². The van der Waals surface area contributed by atoms with Crippen molar-refractivity contribution >= 4 is 35.4 Å². The van der Waals surface area contributed by atoms with E-state index in [4.69, 9.17) is 5.73 Å². The summed E-state index contributed by atoms with van der Waals surface area (Å²) in [5, 5.41) is 26.8. The van der Waals surface area contributed by atoms with Crippen LogP contribution in [0.4, 0.5) is 0 Å². The van der Waals surface area contributed by atoms with E-state index in [2.05, 4.69) is 10.6 Å². The largest absolute Gasteiger partial charge is 0.388 e. The Morgan fingerprint density at radius 1 is 0.900 bits per heavy atom. The van der Waals surface area contributed by atoms with Crippen LogP contribution in [0.2, 0.25) is 0 Å². The van der Waals surface area contributed by atoms with E-state index in [0.29, 0.717) is 30.8 Å². The SMILES string of the molecule is CCCN(CCC)C(=O)c1cc(C(N)=O)cc(C(=O)NCC(O)C(O)C(CCSC)NC(=O)c2ccccc2)c1. The average molecular weight is 573 g/mol. The number of carbonyl (C=O) groups is 4. The smallest absolute Gasteiger partial charge is 0.253 e. The summed E-state index contributed by atoms with van der Waals surface area (Å²) in [6.07, 6.45) is 1.01. The lowest BCUT2D eigenvalue weighted by molar-refractivity contribution is -0.00242. The lowest BCUT2D eigenvalue weighted by Crippen LogP contribution is -2.51. The van der Waals surface area contributed by atoms with Crippen molar-refractivity contribution in [2.75, 3.05) is 31.6 Å². The third-order valence-electron chi connectivity index (χ3n) is 6.26. The Hall–Kier alpha value is -3.41. The van der Waals surface area contributed by atoms with Gasteiger partial charge in [-0.3, -0.25) is 19.2 Å². The fourth-order valence-electron chi connectivity index (χ4n) is 4.16. The third-order valence-corrected chi connectivity index (χ3v) is 6.91. The Morgan fingerprint density at radius 3 is 2.08 bits per heavy atom. The molecule has 0 radical (unpaired) electrons. The van der Waals surface area contributed by atoms with Gasteiger partial charge >= 0.3 is 0 Å². The second-order valence-corrected chi connectivity index (χ2v) is 10.4. The van der Waals surface area contributed by atoms with Crippen molar-refractivity contribution in [2.45, 2.75) is 51.4 Å². The molecule has 10 nitrogen and oxygen atoms in total. The molecule has 0 aliphatic rings. The van der Waals surface area contributed by atoms with Gasteiger partial charge in [-0.1, -0.05) is 32.0 Å². The van der Waals surface area contributed by atoms with Gasteiger partial charge in [0.05, 0.1) is 12.1 Å². The first-order valence-electron chi connectivity index (χ1n) is 13.4. The molecule has 2 rings (SSSR count). The molecule has 0 bridgehead atoms. The monoisotopic (exact) mass is 572 g/mol. The molecule has 218 valence electrons. The van der Waals surface area contributed by atoms with Gasteiger partial charge in [0, 0.05) is 41.9 Å². The van der Waals surface area contributed by atoms with Gasteiger partial charge in [-0.15, -0.1) is 0 Å². The van der Waals surface area contributed by atoms with Gasteiger partial charge in [0.1, 0.15) is 6.10 Å². The van der Waals surface area contributed by atoms with Crippen molar-refractivity contribution in [3.63, 3.8) is 0 Å². The number of amides is 4. The first kappa shape index (κ1) is 32.8. The van der Waals surface area contributed by atoms with Crippen molar-refractivity contribution in [2.24, 2.45) is 5.73 Å². The van der Waals surface area contributed by atoms with Crippen LogP contribution >= 0.6 is 11.8 Å². The fourth-order valence-corrected chi connectivity index (χ4v) is 4.65. The molecule has 0 spiro atoms. The summed E-state index contributed by atoms with van der Waals surface area (Å²) >= 11 is 1.53. The molecule has 0 aliphatic heterocycles. The number of nitrogens with one attached hydrogen (secondary N) is 2. The molecule has 40 heavy (non-hydrogen) atoms. The summed E-state index contributed by atoms with van der Waals surface area (Å²) in [6, 6.07) is 11.8. The highest BCUT2D eigenvalue weighted by molar-refractivity contribution is 7.98. The van der Waals surface area contributed by atoms with E-state index in [-0.39, 0.29) is 35.0 Å². The highest BCUT2D eigenvalue weighted by Crippen LogP contribution is 2.15. The number of aliphatic hydroxyl groups excluding tert-OH is 2. The van der Waals surface area contributed by atoms with Crippen LogP contribution in [0.25, 0.3) is 0 Å². The first-order chi connectivity index (χ1) is 19.1. The maximum absolute atomic E-state index is 13.1. The quantitative estimate of drug-likeness (QED) is 0.206. The Bertz CT molecular complexity index is 1140. The first-order valence-corrected chi connectivity index (χ1v) is 14.8. The molecule has 6 N–H and O–H groups in total. The van der Waals surface area contributed by atoms with Crippen LogP contribution in [-0.2, 0) is 0 Å². The topological polar surface area (TPSA) is 162 Å². The minimum Gasteiger partial charge on any atom is -0.388 e. The predicted octanol–water partition coefficient (Wildman–Crippen LogP) is 2.05. The highest BCUT2D eigenvalue weighted by Gasteiger charge is 2.28. The van der Waals surface area contributed by atoms with Gasteiger partial charge in [-0.2, -0.15) is 11.8 Å². The van der Waals surface area contributed by atoms with Crippen molar-refractivity contribution in [3.05, 3.63) is 70.8 Å². The Morgan fingerprint density at radius 2 is 1.50 bits per heavy atom. The van der Waals surface area contributed by atoms with Gasteiger partial charge in [0.2, 0.25) is 5.91 Å². The summed E-state index contributed by atoms with van der Waals surface area (Å²) in [4.78, 5) is 52.3. The van der Waals surface area contributed by atoms with E-state index >= 15 is 0 Å². The van der Waals surface area contributed by atoms with Gasteiger partial charge in [0.25, 0.3) is 17.7 Å². The molecule has 11 heteroatoms. The van der Waals surface area contributed by atoms with Crippen molar-refractivity contribution in [1.82, 2.24) is 15.5 Å². The van der Waals surface area contributed by atoms with E-state index in [1.807, 2.05) is 20.1 Å². The van der Waals surface area contributed by atoms with Gasteiger partial charge in [-0.25, -0.2) is 0 Å². The predicted molar refractivity (Wildman–Crippen MR) is 156 cm³/mol. The Balaban J connectivity index is 2.16. The Kier molecular flexibility index (Phi) is 13.6. The average Bonchev–Trinajstić information content (AvgIpc) is 2.96. The lowest BCUT2D eigenvalue weighted by atomic mass is 10.0. The van der Waals surface area contributed by atoms with Crippen molar-refractivity contribution < 1.29 is 29.4 Å². The molecule has 0 saturated heterocycles. The molecule has 0 aliphatic carbocycles. The zero-order valence-corrected chi connectivity index (χ0v) is 24.1. The van der Waals surface area contributed by atoms with E-state index in [1.54, 1.807) is 35.2 Å². The molecule has 0 heterocycles. The van der Waals surface area contributed by atoms with Crippen molar-refractivity contribution in [3.8, 4) is 0 Å². The van der Waals surface area contributed by atoms with Gasteiger partial charge in [0.15, 0.2) is 0 Å². The van der Waals surface area contributed by atoms with Crippen LogP contribution in [0.5, 0.6) is 0 Å². The molecule has 2 aromatic rings. The molecule has 3 unspecified atom stereocenters. The summed E-state index contributed by atoms with van der Waals surface area (Å²) in [6.45, 7) is 4.62. The number of hydrogen-bond donors (Lipinski definition) is 5. The summed E-state index contributed by atoms with van der Waals surface area (Å²) < 4.78 is 0. The number of hydrogen-bond acceptors (Lipinski definition) is 7. The molecule has 0 saturated carbocycles. The van der Waals surface area contributed by atoms with E-state index in [0.717, 1.165) is 12.8 Å². The van der Waals surface area contributed by atoms with Crippen LogP contribution in [0.1, 0.15) is 74.5 Å². The van der Waals surface area contributed by atoms with E-state index < -0.39 is 30.1 Å². The number of benzene rings is 2. The maximum atomic E-state index is 13.1. The highest BCUT2D eigenvalue weighted by atomic mass is 32.2. The number of carbonyl (C=O) groups excluding carboxylic acids is 4. The molecular formula is C29H40N4O6S. The summed E-state index contributed by atoms with van der Waals surface area (Å²) in [5.74, 6) is -1.53. The van der Waals surface area contributed by atoms with Crippen LogP contribution in [0, 0.1) is 0 Å². The maximum Gasteiger partial charge on any atom is 0.253 e. The number of nitrogens with zero attached hydrogens (tertiary/aromatic N) is 1. The minimum absolute atomic E-state index is 0.00489. The minimum atomic E-state index is -1.41. The van der Waals surface area contributed by atoms with Crippen LogP contribution in [0.3, 0.4) is 0 Å². The second kappa shape index (κ2) is 16.6. The second-order valence-electron chi connectivity index (χ2n) is 9.45. The number of rotatable bonds is 16. The lowest BCUT2D eigenvalue weighted by Gasteiger charge is -2.28. The number of aliphatic hydroxyl groups is 2. The number of nitrogens with two attached hydrogens (primary N) is 1. The summed E-state index contributed by atoms with van der Waals surface area (Å²) in [7, 11) is 0. The zero-order valence-electron chi connectivity index (χ0n) is 23.3. The molecule has 0 aromatic heterocycles. The normalized spacial score (nSPS) is 13.1. The Labute approximate surface area is 239 Å². The summed E-state index contributed by atoms with van der Waals surface area (Å²) in [5.41, 5.74) is 6.06. The third kappa shape index (κ3) is 9.65. The van der Waals surface area contributed by atoms with Crippen LogP contribution < -0.4 is 16.4 Å². The molecular weight excluding hydrogens is 532 g/mol. The molecule has 0 fully saturated rings. The van der Waals surface area contributed by atoms with Crippen LogP contribution in [0.15, 0.2) is 48.5 Å². The van der Waals surface area contributed by atoms with Gasteiger partial charge in [-0.05, 0) is 61.6 Å². The zero-order chi connectivity index (χ0) is 29.7. The molecule has 3 atom stereocenters. The fraction of sp³-hybridized carbons (Fsp3) is 0.448. The van der Waals surface area contributed by atoms with E-state index in [1.165, 1.54) is 30.0 Å².